The van der Waals surface area contributed by atoms with Gasteiger partial charge in [0.15, 0.2) is 0 Å². The van der Waals surface area contributed by atoms with Gasteiger partial charge >= 0.3 is 0 Å². The predicted molar refractivity (Wildman–Crippen MR) is 87.5 cm³/mol. The van der Waals surface area contributed by atoms with Crippen molar-refractivity contribution in [1.82, 2.24) is 10.2 Å². The predicted octanol–water partition coefficient (Wildman–Crippen LogP) is 3.43. The Kier molecular flexibility index (Phi) is 4.50. The topological polar surface area (TPSA) is 75.3 Å². The van der Waals surface area contributed by atoms with Gasteiger partial charge in [-0.2, -0.15) is 0 Å². The van der Waals surface area contributed by atoms with Gasteiger partial charge < -0.3 is 9.64 Å². The number of benzene rings is 1. The van der Waals surface area contributed by atoms with Crippen LogP contribution in [0.3, 0.4) is 0 Å². The molecule has 3 rings (SSSR count). The average Bonchev–Trinajstić information content (AvgIpc) is 3.03. The van der Waals surface area contributed by atoms with Crippen molar-refractivity contribution < 1.29 is 4.74 Å². The molecule has 0 N–H and O–H groups in total. The highest BCUT2D eigenvalue weighted by molar-refractivity contribution is 7.18. The zero-order valence-electron chi connectivity index (χ0n) is 12.3. The van der Waals surface area contributed by atoms with Crippen molar-refractivity contribution >= 4 is 39.7 Å². The summed E-state index contributed by atoms with van der Waals surface area (Å²) >= 11 is 1.43. The van der Waals surface area contributed by atoms with Gasteiger partial charge in [-0.15, -0.1) is 20.4 Å². The van der Waals surface area contributed by atoms with Gasteiger partial charge in [-0.25, -0.2) is 0 Å². The molecule has 8 heteroatoms. The number of aromatic nitrogens is 2. The summed E-state index contributed by atoms with van der Waals surface area (Å²) in [6.07, 6.45) is 0. The minimum atomic E-state index is 0.548. The first-order valence-corrected chi connectivity index (χ1v) is 7.73. The summed E-state index contributed by atoms with van der Waals surface area (Å²) in [5.41, 5.74) is 2.60. The third-order valence-electron chi connectivity index (χ3n) is 3.29. The highest BCUT2D eigenvalue weighted by Crippen LogP contribution is 2.30. The molecule has 1 saturated heterocycles. The smallest absolute Gasteiger partial charge is 0.253 e. The Morgan fingerprint density at radius 3 is 2.77 bits per heavy atom. The fourth-order valence-electron chi connectivity index (χ4n) is 2.08. The summed E-state index contributed by atoms with van der Waals surface area (Å²) in [5.74, 6) is 0. The Labute approximate surface area is 132 Å². The lowest BCUT2D eigenvalue weighted by molar-refractivity contribution is 0.122. The highest BCUT2D eigenvalue weighted by Gasteiger charge is 2.15. The van der Waals surface area contributed by atoms with Crippen molar-refractivity contribution in [3.05, 3.63) is 23.8 Å². The van der Waals surface area contributed by atoms with Gasteiger partial charge in [-0.05, 0) is 37.4 Å². The summed E-state index contributed by atoms with van der Waals surface area (Å²) < 4.78 is 5.33. The minimum absolute atomic E-state index is 0.548. The molecule has 0 saturated carbocycles. The molecule has 1 aromatic heterocycles. The number of morpholine rings is 1. The van der Waals surface area contributed by atoms with Gasteiger partial charge in [-0.3, -0.25) is 4.99 Å². The van der Waals surface area contributed by atoms with Crippen molar-refractivity contribution in [2.24, 2.45) is 15.2 Å². The van der Waals surface area contributed by atoms with Crippen molar-refractivity contribution in [3.63, 3.8) is 0 Å². The quantitative estimate of drug-likeness (QED) is 0.639. The van der Waals surface area contributed by atoms with E-state index in [1.165, 1.54) is 11.3 Å². The zero-order valence-corrected chi connectivity index (χ0v) is 13.1. The van der Waals surface area contributed by atoms with Gasteiger partial charge in [0.05, 0.1) is 24.6 Å². The molecule has 0 amide bonds. The normalized spacial score (nSPS) is 15.4. The lowest BCUT2D eigenvalue weighted by atomic mass is 10.2. The van der Waals surface area contributed by atoms with E-state index >= 15 is 0 Å². The van der Waals surface area contributed by atoms with Crippen LogP contribution in [0.2, 0.25) is 0 Å². The Morgan fingerprint density at radius 2 is 2.05 bits per heavy atom. The first kappa shape index (κ1) is 14.7. The van der Waals surface area contributed by atoms with Crippen LogP contribution in [0.15, 0.2) is 33.4 Å². The van der Waals surface area contributed by atoms with Crippen LogP contribution in [-0.4, -0.2) is 43.2 Å². The van der Waals surface area contributed by atoms with Crippen molar-refractivity contribution in [2.45, 2.75) is 6.92 Å². The summed E-state index contributed by atoms with van der Waals surface area (Å²) in [4.78, 5) is 6.04. The van der Waals surface area contributed by atoms with Crippen molar-refractivity contribution in [2.75, 3.05) is 31.2 Å². The molecule has 1 aliphatic rings. The van der Waals surface area contributed by atoms with Crippen LogP contribution in [0.5, 0.6) is 0 Å². The first-order chi connectivity index (χ1) is 10.8. The van der Waals surface area contributed by atoms with E-state index in [-0.39, 0.29) is 0 Å². The molecule has 1 fully saturated rings. The van der Waals surface area contributed by atoms with Crippen LogP contribution in [-0.2, 0) is 4.74 Å². The second-order valence-electron chi connectivity index (χ2n) is 4.80. The van der Waals surface area contributed by atoms with E-state index in [0.29, 0.717) is 5.13 Å². The number of hydrogen-bond acceptors (Lipinski definition) is 8. The Morgan fingerprint density at radius 1 is 1.23 bits per heavy atom. The lowest BCUT2D eigenvalue weighted by Gasteiger charge is -2.25. The molecule has 0 radical (unpaired) electrons. The van der Waals surface area contributed by atoms with E-state index < -0.39 is 0 Å². The van der Waals surface area contributed by atoms with Gasteiger partial charge in [0.2, 0.25) is 5.13 Å². The first-order valence-electron chi connectivity index (χ1n) is 6.91. The minimum Gasteiger partial charge on any atom is -0.378 e. The third-order valence-corrected chi connectivity index (χ3v) is 4.16. The summed E-state index contributed by atoms with van der Waals surface area (Å²) in [6.45, 7) is 8.58. The Hall–Kier alpha value is -2.19. The maximum absolute atomic E-state index is 5.33. The van der Waals surface area contributed by atoms with E-state index in [0.717, 1.165) is 48.4 Å². The molecule has 1 aliphatic heterocycles. The molecule has 2 aromatic rings. The molecule has 0 aliphatic carbocycles. The molecule has 0 bridgehead atoms. The van der Waals surface area contributed by atoms with E-state index in [2.05, 4.69) is 37.0 Å². The second kappa shape index (κ2) is 6.71. The number of hydrogen-bond donors (Lipinski definition) is 0. The van der Waals surface area contributed by atoms with Crippen LogP contribution >= 0.6 is 11.3 Å². The number of ether oxygens (including phenoxy) is 1. The maximum Gasteiger partial charge on any atom is 0.253 e. The second-order valence-corrected chi connectivity index (χ2v) is 5.73. The number of nitrogens with zero attached hydrogens (tertiary/aromatic N) is 6. The molecule has 0 spiro atoms. The molecule has 1 aromatic carbocycles. The van der Waals surface area contributed by atoms with Gasteiger partial charge in [0.1, 0.15) is 0 Å². The molecular formula is C14H16N6OS. The summed E-state index contributed by atoms with van der Waals surface area (Å²) in [6, 6.07) is 5.64. The molecule has 2 heterocycles. The zero-order chi connectivity index (χ0) is 15.4. The average molecular weight is 316 g/mol. The molecular weight excluding hydrogens is 300 g/mol. The molecule has 114 valence electrons. The van der Waals surface area contributed by atoms with E-state index in [9.17, 15) is 0 Å². The third kappa shape index (κ3) is 3.34. The monoisotopic (exact) mass is 316 g/mol. The number of rotatable bonds is 4. The number of anilines is 1. The van der Waals surface area contributed by atoms with Crippen molar-refractivity contribution in [1.29, 1.82) is 0 Å². The highest BCUT2D eigenvalue weighted by atomic mass is 32.1. The lowest BCUT2D eigenvalue weighted by Crippen LogP contribution is -2.36. The Bertz CT molecular complexity index is 692. The van der Waals surface area contributed by atoms with Crippen LogP contribution < -0.4 is 4.90 Å². The van der Waals surface area contributed by atoms with Crippen molar-refractivity contribution in [3.8, 4) is 0 Å². The van der Waals surface area contributed by atoms with Crippen LogP contribution in [0.1, 0.15) is 5.56 Å². The number of aryl methyl sites for hydroxylation is 1. The van der Waals surface area contributed by atoms with Crippen LogP contribution in [0.25, 0.3) is 0 Å². The van der Waals surface area contributed by atoms with E-state index in [1.54, 1.807) is 0 Å². The van der Waals surface area contributed by atoms with Gasteiger partial charge in [0, 0.05) is 13.1 Å². The largest absolute Gasteiger partial charge is 0.378 e. The summed E-state index contributed by atoms with van der Waals surface area (Å²) in [7, 11) is 0. The fourth-order valence-corrected chi connectivity index (χ4v) is 2.80. The number of azo groups is 1. The molecule has 7 nitrogen and oxygen atoms in total. The number of aliphatic imine (C=N–C) groups is 1. The molecule has 22 heavy (non-hydrogen) atoms. The van der Waals surface area contributed by atoms with Gasteiger partial charge in [-0.1, -0.05) is 11.3 Å². The van der Waals surface area contributed by atoms with E-state index in [4.69, 9.17) is 4.74 Å². The molecule has 0 unspecified atom stereocenters. The Balaban J connectivity index is 1.72. The van der Waals surface area contributed by atoms with E-state index in [1.807, 2.05) is 25.1 Å². The SMILES string of the molecule is C=Nc1ccc(/N=N/c2nnc(N3CCOCC3)s2)c(C)c1. The summed E-state index contributed by atoms with van der Waals surface area (Å²) in [5, 5.41) is 18.1. The maximum atomic E-state index is 5.33. The van der Waals surface area contributed by atoms with Crippen LogP contribution in [0.4, 0.5) is 21.6 Å². The van der Waals surface area contributed by atoms with Gasteiger partial charge in [0.25, 0.3) is 5.13 Å². The fraction of sp³-hybridized carbons (Fsp3) is 0.357. The standard InChI is InChI=1S/C14H16N6OS/c1-10-9-11(15-2)3-4-12(10)16-17-13-18-19-14(22-13)20-5-7-21-8-6-20/h3-4,9H,2,5-8H2,1H3/b17-16+. The molecule has 0 atom stereocenters. The van der Waals surface area contributed by atoms with Crippen LogP contribution in [0, 0.1) is 6.92 Å².